The molecule has 2 heterocycles. The number of halogens is 1. The number of ether oxygens (including phenoxy) is 2. The van der Waals surface area contributed by atoms with Gasteiger partial charge in [-0.15, -0.1) is 0 Å². The largest absolute Gasteiger partial charge is 0.491 e. The Bertz CT molecular complexity index is 848. The average molecular weight is 367 g/mol. The molecule has 1 aliphatic rings. The predicted octanol–water partition coefficient (Wildman–Crippen LogP) is 4.37. The molecule has 1 fully saturated rings. The third-order valence-electron chi connectivity index (χ3n) is 4.57. The number of morpholine rings is 1. The van der Waals surface area contributed by atoms with E-state index in [-0.39, 0.29) is 11.9 Å². The minimum atomic E-state index is -0.268. The van der Waals surface area contributed by atoms with Gasteiger partial charge in [0.05, 0.1) is 13.2 Å². The lowest BCUT2D eigenvalue weighted by Crippen LogP contribution is -2.44. The van der Waals surface area contributed by atoms with Crippen LogP contribution in [0.4, 0.5) is 4.39 Å². The van der Waals surface area contributed by atoms with Gasteiger partial charge in [0, 0.05) is 18.7 Å². The third-order valence-corrected chi connectivity index (χ3v) is 4.57. The molecule has 1 atom stereocenters. The normalized spacial score (nSPS) is 17.7. The summed E-state index contributed by atoms with van der Waals surface area (Å²) in [6.07, 6.45) is -0.0210. The molecule has 1 aromatic heterocycles. The maximum absolute atomic E-state index is 13.0. The minimum Gasteiger partial charge on any atom is -0.491 e. The van der Waals surface area contributed by atoms with Crippen LogP contribution in [-0.4, -0.2) is 37.3 Å². The number of hydrogen-bond donors (Lipinski definition) is 0. The maximum atomic E-state index is 13.0. The standard InChI is InChI=1S/C22H22FNO3/c23-18-6-8-19(9-7-18)26-16-21-15-24(12-13-25-21)14-20-10-11-22(27-20)17-4-2-1-3-5-17/h1-11,21H,12-16H2. The molecular weight excluding hydrogens is 345 g/mol. The van der Waals surface area contributed by atoms with Crippen molar-refractivity contribution in [1.82, 2.24) is 4.90 Å². The van der Waals surface area contributed by atoms with Crippen LogP contribution >= 0.6 is 0 Å². The van der Waals surface area contributed by atoms with Crippen LogP contribution in [0, 0.1) is 5.82 Å². The fraction of sp³-hybridized carbons (Fsp3) is 0.273. The molecule has 1 aliphatic heterocycles. The Labute approximate surface area is 158 Å². The Morgan fingerprint density at radius 2 is 1.81 bits per heavy atom. The molecule has 0 radical (unpaired) electrons. The Morgan fingerprint density at radius 3 is 2.63 bits per heavy atom. The first-order valence-electron chi connectivity index (χ1n) is 9.13. The predicted molar refractivity (Wildman–Crippen MR) is 101 cm³/mol. The van der Waals surface area contributed by atoms with Crippen molar-refractivity contribution in [3.05, 3.63) is 78.3 Å². The monoisotopic (exact) mass is 367 g/mol. The zero-order chi connectivity index (χ0) is 18.5. The molecule has 0 saturated carbocycles. The molecule has 1 unspecified atom stereocenters. The lowest BCUT2D eigenvalue weighted by molar-refractivity contribution is -0.0518. The molecule has 0 N–H and O–H groups in total. The lowest BCUT2D eigenvalue weighted by atomic mass is 10.2. The van der Waals surface area contributed by atoms with E-state index in [0.29, 0.717) is 19.0 Å². The Balaban J connectivity index is 1.31. The number of benzene rings is 2. The number of rotatable bonds is 6. The summed E-state index contributed by atoms with van der Waals surface area (Å²) >= 11 is 0. The van der Waals surface area contributed by atoms with Gasteiger partial charge >= 0.3 is 0 Å². The van der Waals surface area contributed by atoms with Crippen molar-refractivity contribution in [2.75, 3.05) is 26.3 Å². The SMILES string of the molecule is Fc1ccc(OCC2CN(Cc3ccc(-c4ccccc4)o3)CCO2)cc1. The molecule has 1 saturated heterocycles. The summed E-state index contributed by atoms with van der Waals surface area (Å²) in [7, 11) is 0. The second kappa shape index (κ2) is 8.37. The molecule has 0 aliphatic carbocycles. The molecule has 0 bridgehead atoms. The molecule has 140 valence electrons. The van der Waals surface area contributed by atoms with Crippen LogP contribution in [0.3, 0.4) is 0 Å². The van der Waals surface area contributed by atoms with E-state index in [0.717, 1.165) is 36.7 Å². The van der Waals surface area contributed by atoms with Gasteiger partial charge in [0.1, 0.15) is 35.8 Å². The summed E-state index contributed by atoms with van der Waals surface area (Å²) in [5.41, 5.74) is 1.08. The van der Waals surface area contributed by atoms with Crippen LogP contribution in [0.25, 0.3) is 11.3 Å². The van der Waals surface area contributed by atoms with E-state index in [2.05, 4.69) is 4.90 Å². The van der Waals surface area contributed by atoms with E-state index in [4.69, 9.17) is 13.9 Å². The number of furan rings is 1. The van der Waals surface area contributed by atoms with Crippen LogP contribution < -0.4 is 4.74 Å². The fourth-order valence-electron chi connectivity index (χ4n) is 3.19. The van der Waals surface area contributed by atoms with E-state index in [9.17, 15) is 4.39 Å². The smallest absolute Gasteiger partial charge is 0.134 e. The van der Waals surface area contributed by atoms with Gasteiger partial charge < -0.3 is 13.9 Å². The Morgan fingerprint density at radius 1 is 1.00 bits per heavy atom. The second-order valence-electron chi connectivity index (χ2n) is 6.62. The topological polar surface area (TPSA) is 34.8 Å². The van der Waals surface area contributed by atoms with Gasteiger partial charge in [-0.05, 0) is 36.4 Å². The first-order valence-corrected chi connectivity index (χ1v) is 9.13. The van der Waals surface area contributed by atoms with Crippen molar-refractivity contribution < 1.29 is 18.3 Å². The van der Waals surface area contributed by atoms with E-state index >= 15 is 0 Å². The van der Waals surface area contributed by atoms with Crippen LogP contribution in [-0.2, 0) is 11.3 Å². The van der Waals surface area contributed by atoms with Crippen molar-refractivity contribution >= 4 is 0 Å². The highest BCUT2D eigenvalue weighted by Gasteiger charge is 2.22. The van der Waals surface area contributed by atoms with E-state index in [1.54, 1.807) is 12.1 Å². The van der Waals surface area contributed by atoms with Crippen molar-refractivity contribution in [2.45, 2.75) is 12.6 Å². The Hall–Kier alpha value is -2.63. The minimum absolute atomic E-state index is 0.0210. The van der Waals surface area contributed by atoms with Crippen molar-refractivity contribution in [2.24, 2.45) is 0 Å². The number of hydrogen-bond acceptors (Lipinski definition) is 4. The van der Waals surface area contributed by atoms with Crippen molar-refractivity contribution in [3.63, 3.8) is 0 Å². The molecule has 4 nitrogen and oxygen atoms in total. The van der Waals surface area contributed by atoms with Gasteiger partial charge in [0.2, 0.25) is 0 Å². The second-order valence-corrected chi connectivity index (χ2v) is 6.62. The molecule has 0 spiro atoms. The molecule has 5 heteroatoms. The molecule has 3 aromatic rings. The van der Waals surface area contributed by atoms with Crippen LogP contribution in [0.1, 0.15) is 5.76 Å². The summed E-state index contributed by atoms with van der Waals surface area (Å²) in [5.74, 6) is 2.20. The molecule has 4 rings (SSSR count). The zero-order valence-corrected chi connectivity index (χ0v) is 15.0. The lowest BCUT2D eigenvalue weighted by Gasteiger charge is -2.32. The van der Waals surface area contributed by atoms with Crippen molar-refractivity contribution in [3.8, 4) is 17.1 Å². The molecule has 27 heavy (non-hydrogen) atoms. The van der Waals surface area contributed by atoms with Crippen LogP contribution in [0.5, 0.6) is 5.75 Å². The molecular formula is C22H22FNO3. The Kier molecular flexibility index (Phi) is 5.51. The molecule has 2 aromatic carbocycles. The fourth-order valence-corrected chi connectivity index (χ4v) is 3.19. The van der Waals surface area contributed by atoms with E-state index < -0.39 is 0 Å². The van der Waals surface area contributed by atoms with E-state index in [1.807, 2.05) is 42.5 Å². The summed E-state index contributed by atoms with van der Waals surface area (Å²) in [4.78, 5) is 2.30. The van der Waals surface area contributed by atoms with Crippen LogP contribution in [0.15, 0.2) is 71.1 Å². The highest BCUT2D eigenvalue weighted by Crippen LogP contribution is 2.23. The van der Waals surface area contributed by atoms with Gasteiger partial charge in [0.15, 0.2) is 0 Å². The molecule has 0 amide bonds. The summed E-state index contributed by atoms with van der Waals surface area (Å²) < 4.78 is 30.5. The average Bonchev–Trinajstić information content (AvgIpc) is 3.17. The summed E-state index contributed by atoms with van der Waals surface area (Å²) in [5, 5.41) is 0. The first-order chi connectivity index (χ1) is 13.3. The summed E-state index contributed by atoms with van der Waals surface area (Å²) in [6.45, 7) is 3.46. The van der Waals surface area contributed by atoms with Gasteiger partial charge in [-0.25, -0.2) is 4.39 Å². The van der Waals surface area contributed by atoms with E-state index in [1.165, 1.54) is 12.1 Å². The van der Waals surface area contributed by atoms with Gasteiger partial charge in [-0.2, -0.15) is 0 Å². The van der Waals surface area contributed by atoms with Gasteiger partial charge in [0.25, 0.3) is 0 Å². The number of nitrogens with zero attached hydrogens (tertiary/aromatic N) is 1. The van der Waals surface area contributed by atoms with Crippen LogP contribution in [0.2, 0.25) is 0 Å². The highest BCUT2D eigenvalue weighted by atomic mass is 19.1. The van der Waals surface area contributed by atoms with Gasteiger partial charge in [-0.1, -0.05) is 30.3 Å². The maximum Gasteiger partial charge on any atom is 0.134 e. The zero-order valence-electron chi connectivity index (χ0n) is 15.0. The summed E-state index contributed by atoms with van der Waals surface area (Å²) in [6, 6.07) is 20.2. The quantitative estimate of drug-likeness (QED) is 0.648. The first kappa shape index (κ1) is 17.8. The van der Waals surface area contributed by atoms with Gasteiger partial charge in [-0.3, -0.25) is 4.90 Å². The van der Waals surface area contributed by atoms with Crippen molar-refractivity contribution in [1.29, 1.82) is 0 Å². The third kappa shape index (κ3) is 4.76. The highest BCUT2D eigenvalue weighted by molar-refractivity contribution is 5.57.